The molecule has 0 spiro atoms. The minimum Gasteiger partial charge on any atom is -0.316 e. The molecule has 1 aliphatic heterocycles. The van der Waals surface area contributed by atoms with Gasteiger partial charge in [-0.3, -0.25) is 0 Å². The van der Waals surface area contributed by atoms with Gasteiger partial charge in [-0.25, -0.2) is 0 Å². The molecule has 2 aliphatic rings. The molecule has 1 saturated carbocycles. The molecular weight excluding hydrogens is 273 g/mol. The summed E-state index contributed by atoms with van der Waals surface area (Å²) >= 11 is 3.49. The summed E-state index contributed by atoms with van der Waals surface area (Å²) in [7, 11) is 0. The van der Waals surface area contributed by atoms with Gasteiger partial charge in [-0.15, -0.1) is 12.4 Å². The van der Waals surface area contributed by atoms with Crippen LogP contribution in [-0.4, -0.2) is 13.1 Å². The second kappa shape index (κ2) is 4.08. The van der Waals surface area contributed by atoms with Crippen LogP contribution in [0.2, 0.25) is 0 Å². The summed E-state index contributed by atoms with van der Waals surface area (Å²) in [6.07, 6.45) is 2.78. The maximum absolute atomic E-state index is 3.49. The molecule has 0 radical (unpaired) electrons. The second-order valence-electron chi connectivity index (χ2n) is 4.52. The third-order valence-electron chi connectivity index (χ3n) is 3.77. The van der Waals surface area contributed by atoms with Gasteiger partial charge in [0.25, 0.3) is 0 Å². The van der Waals surface area contributed by atoms with E-state index in [1.807, 2.05) is 0 Å². The first-order valence-corrected chi connectivity index (χ1v) is 6.07. The van der Waals surface area contributed by atoms with Gasteiger partial charge in [0.1, 0.15) is 0 Å². The number of halogens is 2. The monoisotopic (exact) mass is 287 g/mol. The van der Waals surface area contributed by atoms with E-state index in [1.54, 1.807) is 5.56 Å². The second-order valence-corrected chi connectivity index (χ2v) is 5.43. The number of hydrogen-bond donors (Lipinski definition) is 1. The van der Waals surface area contributed by atoms with E-state index in [0.717, 1.165) is 5.92 Å². The van der Waals surface area contributed by atoms with E-state index in [0.29, 0.717) is 5.41 Å². The first-order chi connectivity index (χ1) is 6.81. The van der Waals surface area contributed by atoms with Crippen LogP contribution >= 0.6 is 28.3 Å². The zero-order valence-corrected chi connectivity index (χ0v) is 10.9. The molecule has 0 unspecified atom stereocenters. The van der Waals surface area contributed by atoms with Crippen LogP contribution in [0, 0.1) is 5.92 Å². The highest BCUT2D eigenvalue weighted by Gasteiger charge is 2.52. The van der Waals surface area contributed by atoms with Crippen molar-refractivity contribution in [3.63, 3.8) is 0 Å². The van der Waals surface area contributed by atoms with Crippen LogP contribution < -0.4 is 5.32 Å². The van der Waals surface area contributed by atoms with Crippen molar-refractivity contribution in [2.75, 3.05) is 13.1 Å². The van der Waals surface area contributed by atoms with Crippen molar-refractivity contribution in [2.45, 2.75) is 18.3 Å². The van der Waals surface area contributed by atoms with Gasteiger partial charge in [-0.05, 0) is 36.5 Å². The van der Waals surface area contributed by atoms with Crippen LogP contribution in [0.3, 0.4) is 0 Å². The van der Waals surface area contributed by atoms with Crippen molar-refractivity contribution in [1.29, 1.82) is 0 Å². The molecular formula is C12H15BrClN. The lowest BCUT2D eigenvalue weighted by Crippen LogP contribution is -2.48. The van der Waals surface area contributed by atoms with Gasteiger partial charge in [0.15, 0.2) is 0 Å². The zero-order valence-electron chi connectivity index (χ0n) is 8.50. The highest BCUT2D eigenvalue weighted by Crippen LogP contribution is 2.55. The van der Waals surface area contributed by atoms with E-state index in [-0.39, 0.29) is 12.4 Å². The summed E-state index contributed by atoms with van der Waals surface area (Å²) in [5, 5.41) is 3.38. The summed E-state index contributed by atoms with van der Waals surface area (Å²) < 4.78 is 1.18. The lowest BCUT2D eigenvalue weighted by Gasteiger charge is -2.35. The van der Waals surface area contributed by atoms with Crippen LogP contribution in [0.1, 0.15) is 18.4 Å². The lowest BCUT2D eigenvalue weighted by molar-refractivity contribution is 0.275. The lowest BCUT2D eigenvalue weighted by atomic mass is 9.79. The molecule has 3 heteroatoms. The first kappa shape index (κ1) is 11.4. The molecule has 1 nitrogen and oxygen atoms in total. The van der Waals surface area contributed by atoms with Crippen molar-refractivity contribution in [3.05, 3.63) is 34.3 Å². The van der Waals surface area contributed by atoms with E-state index >= 15 is 0 Å². The largest absolute Gasteiger partial charge is 0.316 e. The Morgan fingerprint density at radius 1 is 1.13 bits per heavy atom. The molecule has 82 valence electrons. The first-order valence-electron chi connectivity index (χ1n) is 5.28. The van der Waals surface area contributed by atoms with Crippen LogP contribution in [-0.2, 0) is 5.41 Å². The molecule has 0 aromatic heterocycles. The predicted molar refractivity (Wildman–Crippen MR) is 68.7 cm³/mol. The molecule has 1 aromatic carbocycles. The molecule has 1 aliphatic carbocycles. The van der Waals surface area contributed by atoms with E-state index in [9.17, 15) is 0 Å². The van der Waals surface area contributed by atoms with Crippen molar-refractivity contribution >= 4 is 28.3 Å². The molecule has 2 fully saturated rings. The minimum atomic E-state index is 0. The number of hydrogen-bond acceptors (Lipinski definition) is 1. The van der Waals surface area contributed by atoms with E-state index in [2.05, 4.69) is 45.5 Å². The molecule has 1 heterocycles. The van der Waals surface area contributed by atoms with Crippen LogP contribution in [0.15, 0.2) is 28.7 Å². The van der Waals surface area contributed by atoms with E-state index in [4.69, 9.17) is 0 Å². The summed E-state index contributed by atoms with van der Waals surface area (Å²) in [4.78, 5) is 0. The predicted octanol–water partition coefficient (Wildman–Crippen LogP) is 3.12. The van der Waals surface area contributed by atoms with Gasteiger partial charge >= 0.3 is 0 Å². The van der Waals surface area contributed by atoms with Gasteiger partial charge < -0.3 is 5.32 Å². The molecule has 1 N–H and O–H groups in total. The molecule has 3 rings (SSSR count). The van der Waals surface area contributed by atoms with Gasteiger partial charge in [-0.1, -0.05) is 28.1 Å². The Kier molecular flexibility index (Phi) is 3.11. The third kappa shape index (κ3) is 1.83. The maximum atomic E-state index is 3.49. The summed E-state index contributed by atoms with van der Waals surface area (Å²) in [5.41, 5.74) is 2.10. The molecule has 0 atom stereocenters. The van der Waals surface area contributed by atoms with Crippen LogP contribution in [0.25, 0.3) is 0 Å². The number of nitrogens with one attached hydrogen (secondary N) is 1. The molecule has 15 heavy (non-hydrogen) atoms. The van der Waals surface area contributed by atoms with Crippen molar-refractivity contribution < 1.29 is 0 Å². The Morgan fingerprint density at radius 2 is 1.73 bits per heavy atom. The Bertz CT molecular complexity index is 341. The number of rotatable bonds is 2. The standard InChI is InChI=1S/C12H14BrN.ClH/c13-11-3-1-9(2-4-11)12(5-6-12)10-7-14-8-10;/h1-4,10,14H,5-8H2;1H. The Labute approximate surface area is 105 Å². The van der Waals surface area contributed by atoms with Gasteiger partial charge in [0, 0.05) is 23.0 Å². The van der Waals surface area contributed by atoms with Crippen molar-refractivity contribution in [1.82, 2.24) is 5.32 Å². The fourth-order valence-electron chi connectivity index (χ4n) is 2.53. The quantitative estimate of drug-likeness (QED) is 0.882. The zero-order chi connectivity index (χ0) is 9.60. The van der Waals surface area contributed by atoms with Crippen LogP contribution in [0.5, 0.6) is 0 Å². The van der Waals surface area contributed by atoms with E-state index in [1.165, 1.54) is 30.4 Å². The summed E-state index contributed by atoms with van der Waals surface area (Å²) in [6, 6.07) is 8.91. The highest BCUT2D eigenvalue weighted by molar-refractivity contribution is 9.10. The smallest absolute Gasteiger partial charge is 0.0175 e. The van der Waals surface area contributed by atoms with Gasteiger partial charge in [0.2, 0.25) is 0 Å². The molecule has 1 saturated heterocycles. The van der Waals surface area contributed by atoms with Crippen molar-refractivity contribution in [2.24, 2.45) is 5.92 Å². The molecule has 0 bridgehead atoms. The summed E-state index contributed by atoms with van der Waals surface area (Å²) in [6.45, 7) is 2.44. The van der Waals surface area contributed by atoms with Crippen molar-refractivity contribution in [3.8, 4) is 0 Å². The van der Waals surface area contributed by atoms with Crippen LogP contribution in [0.4, 0.5) is 0 Å². The average Bonchev–Trinajstić information content (AvgIpc) is 2.84. The topological polar surface area (TPSA) is 12.0 Å². The fourth-order valence-corrected chi connectivity index (χ4v) is 2.79. The third-order valence-corrected chi connectivity index (χ3v) is 4.30. The highest BCUT2D eigenvalue weighted by atomic mass is 79.9. The van der Waals surface area contributed by atoms with E-state index < -0.39 is 0 Å². The number of benzene rings is 1. The Morgan fingerprint density at radius 3 is 2.13 bits per heavy atom. The fraction of sp³-hybridized carbons (Fsp3) is 0.500. The average molecular weight is 289 g/mol. The van der Waals surface area contributed by atoms with Gasteiger partial charge in [-0.2, -0.15) is 0 Å². The molecule has 0 amide bonds. The van der Waals surface area contributed by atoms with Gasteiger partial charge in [0.05, 0.1) is 0 Å². The maximum Gasteiger partial charge on any atom is 0.0175 e. The normalized spacial score (nSPS) is 22.7. The Balaban J connectivity index is 0.000000853. The minimum absolute atomic E-state index is 0. The molecule has 1 aromatic rings. The SMILES string of the molecule is Brc1ccc(C2(C3CNC3)CC2)cc1.Cl. The Hall–Kier alpha value is -0.0500. The summed E-state index contributed by atoms with van der Waals surface area (Å²) in [5.74, 6) is 0.892.